The lowest BCUT2D eigenvalue weighted by atomic mass is 10.0. The van der Waals surface area contributed by atoms with Gasteiger partial charge in [0, 0.05) is 0 Å². The quantitative estimate of drug-likeness (QED) is 0.371. The lowest BCUT2D eigenvalue weighted by Gasteiger charge is -2.05. The van der Waals surface area contributed by atoms with Gasteiger partial charge in [0.25, 0.3) is 0 Å². The van der Waals surface area contributed by atoms with Crippen LogP contribution in [0.5, 0.6) is 0 Å². The molecule has 4 aliphatic rings. The van der Waals surface area contributed by atoms with E-state index in [1.54, 1.807) is 0 Å². The Morgan fingerprint density at radius 3 is 0.192 bits per heavy atom. The maximum atomic E-state index is 1.50. The average Bonchev–Trinajstić information content (AvgIpc) is 2.96. The molecule has 0 saturated heterocycles. The van der Waals surface area contributed by atoms with E-state index in [2.05, 4.69) is 0 Å². The van der Waals surface area contributed by atoms with E-state index < -0.39 is 0 Å². The second-order valence-electron chi connectivity index (χ2n) is 7.78. The molecule has 26 heavy (non-hydrogen) atoms. The van der Waals surface area contributed by atoms with Gasteiger partial charge in [-0.25, -0.2) is 0 Å². The molecule has 0 amide bonds. The van der Waals surface area contributed by atoms with Gasteiger partial charge in [-0.15, -0.1) is 0 Å². The van der Waals surface area contributed by atoms with Gasteiger partial charge in [-0.05, 0) is 0 Å². The molecule has 4 rings (SSSR count). The molecule has 164 valence electrons. The van der Waals surface area contributed by atoms with Crippen LogP contribution in [-0.4, -0.2) is 0 Å². The largest absolute Gasteiger partial charge is 0.0776 e. The Kier molecular flexibility index (Phi) is 38.4. The molecular weight excluding hydrogens is 312 g/mol. The van der Waals surface area contributed by atoms with E-state index in [0.29, 0.717) is 0 Å². The molecule has 4 fully saturated rings. The summed E-state index contributed by atoms with van der Waals surface area (Å²) in [5.41, 5.74) is 0. The highest BCUT2D eigenvalue weighted by Gasteiger charge is 1.97. The van der Waals surface area contributed by atoms with Gasteiger partial charge in [0.2, 0.25) is 0 Å². The van der Waals surface area contributed by atoms with Gasteiger partial charge in [0.05, 0.1) is 0 Å². The van der Waals surface area contributed by atoms with E-state index in [-0.39, 0.29) is 29.7 Å². The van der Waals surface area contributed by atoms with Crippen LogP contribution in [0.4, 0.5) is 0 Å². The van der Waals surface area contributed by atoms with Crippen molar-refractivity contribution in [3.05, 3.63) is 0 Å². The summed E-state index contributed by atoms with van der Waals surface area (Å²) in [4.78, 5) is 0. The predicted octanol–water partition coefficient (Wildman–Crippen LogP) is 11.1. The van der Waals surface area contributed by atoms with Crippen LogP contribution in [0.2, 0.25) is 0 Å². The Morgan fingerprint density at radius 1 is 0.115 bits per heavy atom. The molecular formula is C26H60. The first kappa shape index (κ1) is 33.6. The predicted molar refractivity (Wildman–Crippen MR) is 128 cm³/mol. The van der Waals surface area contributed by atoms with Gasteiger partial charge < -0.3 is 0 Å². The molecule has 0 spiro atoms. The third-order valence-corrected chi connectivity index (χ3v) is 5.50. The van der Waals surface area contributed by atoms with Crippen molar-refractivity contribution in [1.29, 1.82) is 0 Å². The fourth-order valence-electron chi connectivity index (χ4n) is 3.43. The standard InChI is InChI=1S/C7H14.C6H12.C5H10.C4H8.4CH4/c1-2-4-6-7-5-3-1;1-2-4-6-5-3-1;1-2-4-5-3-1;1-2-4-3-1;;;;/h1-7H2;1-6H2;1-5H2;1-4H2;4*1H4. The van der Waals surface area contributed by atoms with Gasteiger partial charge in [-0.3, -0.25) is 0 Å². The monoisotopic (exact) mass is 372 g/mol. The Labute approximate surface area is 171 Å². The Bertz CT molecular complexity index is 141. The summed E-state index contributed by atoms with van der Waals surface area (Å²) in [6.45, 7) is 0. The third kappa shape index (κ3) is 26.2. The second kappa shape index (κ2) is 29.8. The average molecular weight is 373 g/mol. The molecule has 0 heteroatoms. The molecule has 0 radical (unpaired) electrons. The van der Waals surface area contributed by atoms with Gasteiger partial charge in [0.15, 0.2) is 0 Å². The maximum absolute atomic E-state index is 1.50. The fourth-order valence-corrected chi connectivity index (χ4v) is 3.43. The summed E-state index contributed by atoms with van der Waals surface area (Å²) < 4.78 is 0. The third-order valence-electron chi connectivity index (χ3n) is 5.50. The highest BCUT2D eigenvalue weighted by Crippen LogP contribution is 2.16. The van der Waals surface area contributed by atoms with Crippen molar-refractivity contribution < 1.29 is 0 Å². The highest BCUT2D eigenvalue weighted by molar-refractivity contribution is 4.52. The van der Waals surface area contributed by atoms with Crippen molar-refractivity contribution in [3.8, 4) is 0 Å². The summed E-state index contributed by atoms with van der Waals surface area (Å²) in [6.07, 6.45) is 33.0. The van der Waals surface area contributed by atoms with Crippen molar-refractivity contribution in [2.24, 2.45) is 0 Å². The van der Waals surface area contributed by atoms with Crippen LogP contribution in [0.1, 0.15) is 171 Å². The lowest BCUT2D eigenvalue weighted by Crippen LogP contribution is -1.85. The molecule has 0 nitrogen and oxygen atoms in total. The molecule has 0 aromatic carbocycles. The molecule has 0 heterocycles. The fraction of sp³-hybridized carbons (Fsp3) is 1.00. The van der Waals surface area contributed by atoms with Gasteiger partial charge in [-0.1, -0.05) is 171 Å². The van der Waals surface area contributed by atoms with Gasteiger partial charge in [-0.2, -0.15) is 0 Å². The molecule has 0 atom stereocenters. The molecule has 0 aromatic rings. The van der Waals surface area contributed by atoms with Crippen molar-refractivity contribution >= 4 is 0 Å². The first-order chi connectivity index (χ1) is 11.0. The van der Waals surface area contributed by atoms with Gasteiger partial charge >= 0.3 is 0 Å². The molecule has 4 aliphatic carbocycles. The Morgan fingerprint density at radius 2 is 0.154 bits per heavy atom. The number of rotatable bonds is 0. The molecule has 0 aliphatic heterocycles. The SMILES string of the molecule is C.C.C.C.C1CCC1.C1CCCC1.C1CCCCC1.C1CCCCCC1. The van der Waals surface area contributed by atoms with E-state index in [1.807, 2.05) is 0 Å². The van der Waals surface area contributed by atoms with E-state index in [0.717, 1.165) is 0 Å². The Hall–Kier alpha value is 0. The van der Waals surface area contributed by atoms with Crippen LogP contribution in [0.3, 0.4) is 0 Å². The zero-order chi connectivity index (χ0) is 15.6. The van der Waals surface area contributed by atoms with Crippen LogP contribution in [0.15, 0.2) is 0 Å². The topological polar surface area (TPSA) is 0 Å². The number of hydrogen-bond donors (Lipinski definition) is 0. The smallest absolute Gasteiger partial charge is 0.0533 e. The van der Waals surface area contributed by atoms with E-state index in [1.165, 1.54) is 141 Å². The minimum atomic E-state index is 0. The zero-order valence-corrected chi connectivity index (χ0v) is 15.6. The van der Waals surface area contributed by atoms with Crippen LogP contribution in [0.25, 0.3) is 0 Å². The van der Waals surface area contributed by atoms with E-state index >= 15 is 0 Å². The first-order valence-corrected chi connectivity index (χ1v) is 11.0. The van der Waals surface area contributed by atoms with Crippen molar-refractivity contribution in [1.82, 2.24) is 0 Å². The summed E-state index contributed by atoms with van der Waals surface area (Å²) in [5.74, 6) is 0. The summed E-state index contributed by atoms with van der Waals surface area (Å²) in [6, 6.07) is 0. The molecule has 4 saturated carbocycles. The second-order valence-corrected chi connectivity index (χ2v) is 7.78. The van der Waals surface area contributed by atoms with Crippen LogP contribution in [0, 0.1) is 0 Å². The summed E-state index contributed by atoms with van der Waals surface area (Å²) >= 11 is 0. The van der Waals surface area contributed by atoms with Gasteiger partial charge in [0.1, 0.15) is 0 Å². The minimum absolute atomic E-state index is 0. The number of hydrogen-bond acceptors (Lipinski definition) is 0. The van der Waals surface area contributed by atoms with Crippen LogP contribution in [-0.2, 0) is 0 Å². The normalized spacial score (nSPS) is 20.3. The molecule has 0 unspecified atom stereocenters. The highest BCUT2D eigenvalue weighted by atomic mass is 14.0. The van der Waals surface area contributed by atoms with E-state index in [9.17, 15) is 0 Å². The van der Waals surface area contributed by atoms with Crippen molar-refractivity contribution in [2.45, 2.75) is 171 Å². The summed E-state index contributed by atoms with van der Waals surface area (Å²) in [5, 5.41) is 0. The molecule has 0 aromatic heterocycles. The molecule has 0 bridgehead atoms. The molecule has 0 N–H and O–H groups in total. The first-order valence-electron chi connectivity index (χ1n) is 11.0. The van der Waals surface area contributed by atoms with Crippen molar-refractivity contribution in [3.63, 3.8) is 0 Å². The van der Waals surface area contributed by atoms with Crippen LogP contribution < -0.4 is 0 Å². The van der Waals surface area contributed by atoms with E-state index in [4.69, 9.17) is 0 Å². The summed E-state index contributed by atoms with van der Waals surface area (Å²) in [7, 11) is 0. The lowest BCUT2D eigenvalue weighted by molar-refractivity contribution is 0.504. The Balaban J connectivity index is -0.000000120. The van der Waals surface area contributed by atoms with Crippen LogP contribution >= 0.6 is 0 Å². The minimum Gasteiger partial charge on any atom is -0.0776 e. The zero-order valence-electron chi connectivity index (χ0n) is 15.6. The maximum Gasteiger partial charge on any atom is -0.0533 e. The van der Waals surface area contributed by atoms with Crippen molar-refractivity contribution in [2.75, 3.05) is 0 Å².